The fourth-order valence-electron chi connectivity index (χ4n) is 2.77. The fourth-order valence-corrected chi connectivity index (χ4v) is 3.98. The van der Waals surface area contributed by atoms with Crippen molar-refractivity contribution in [2.45, 2.75) is 24.2 Å². The van der Waals surface area contributed by atoms with E-state index in [-0.39, 0.29) is 18.4 Å². The van der Waals surface area contributed by atoms with Crippen molar-refractivity contribution in [3.63, 3.8) is 0 Å². The van der Waals surface area contributed by atoms with Crippen molar-refractivity contribution >= 4 is 10.0 Å². The minimum absolute atomic E-state index is 0.0522. The van der Waals surface area contributed by atoms with Crippen LogP contribution in [0, 0.1) is 29.3 Å². The molecule has 1 aliphatic carbocycles. The molecule has 2 rings (SSSR count). The number of nitrogens with two attached hydrogens (primary N) is 1. The smallest absolute Gasteiger partial charge is 0.246 e. The average molecular weight is 322 g/mol. The Morgan fingerprint density at radius 1 is 1.14 bits per heavy atom. The normalized spacial score (nSPS) is 22.7. The van der Waals surface area contributed by atoms with Crippen molar-refractivity contribution in [2.24, 2.45) is 17.6 Å². The van der Waals surface area contributed by atoms with E-state index in [9.17, 15) is 21.6 Å². The summed E-state index contributed by atoms with van der Waals surface area (Å²) in [6.45, 7) is 0.520. The molecular weight excluding hydrogens is 305 g/mol. The number of sulfonamides is 1. The van der Waals surface area contributed by atoms with Gasteiger partial charge in [-0.05, 0) is 31.2 Å². The van der Waals surface area contributed by atoms with E-state index < -0.39 is 32.4 Å². The topological polar surface area (TPSA) is 72.2 Å². The van der Waals surface area contributed by atoms with Gasteiger partial charge in [0.25, 0.3) is 0 Å². The molecule has 0 aliphatic heterocycles. The summed E-state index contributed by atoms with van der Waals surface area (Å²) in [7, 11) is -4.36. The molecule has 1 aromatic rings. The van der Waals surface area contributed by atoms with E-state index >= 15 is 0 Å². The standard InChI is InChI=1S/C13H17F3N2O2S/c14-10-4-11(15)13(12(16)5-10)21(19,20)18-7-9-3-1-2-8(9)6-17/h4-5,8-9,18H,1-3,6-7,17H2. The molecule has 1 fully saturated rings. The van der Waals surface area contributed by atoms with Gasteiger partial charge in [-0.2, -0.15) is 0 Å². The number of halogens is 3. The van der Waals surface area contributed by atoms with Gasteiger partial charge in [0.2, 0.25) is 10.0 Å². The molecule has 0 aromatic heterocycles. The van der Waals surface area contributed by atoms with Crippen LogP contribution >= 0.6 is 0 Å². The Balaban J connectivity index is 2.16. The van der Waals surface area contributed by atoms with E-state index in [4.69, 9.17) is 5.73 Å². The zero-order valence-electron chi connectivity index (χ0n) is 11.3. The lowest BCUT2D eigenvalue weighted by Gasteiger charge is -2.18. The van der Waals surface area contributed by atoms with Gasteiger partial charge in [0.1, 0.15) is 17.5 Å². The van der Waals surface area contributed by atoms with E-state index in [2.05, 4.69) is 4.72 Å². The number of benzene rings is 1. The second kappa shape index (κ2) is 6.33. The van der Waals surface area contributed by atoms with Gasteiger partial charge in [-0.25, -0.2) is 26.3 Å². The molecule has 2 unspecified atom stereocenters. The maximum atomic E-state index is 13.5. The summed E-state index contributed by atoms with van der Waals surface area (Å²) >= 11 is 0. The van der Waals surface area contributed by atoms with E-state index in [1.807, 2.05) is 0 Å². The summed E-state index contributed by atoms with van der Waals surface area (Å²) in [5.41, 5.74) is 5.60. The molecule has 118 valence electrons. The lowest BCUT2D eigenvalue weighted by molar-refractivity contribution is 0.392. The second-order valence-corrected chi connectivity index (χ2v) is 6.94. The Morgan fingerprint density at radius 3 is 2.29 bits per heavy atom. The Hall–Kier alpha value is -1.12. The first-order valence-corrected chi connectivity index (χ1v) is 8.17. The van der Waals surface area contributed by atoms with Crippen LogP contribution < -0.4 is 10.5 Å². The van der Waals surface area contributed by atoms with Crippen LogP contribution in [-0.2, 0) is 10.0 Å². The van der Waals surface area contributed by atoms with Gasteiger partial charge in [0.15, 0.2) is 4.90 Å². The Labute approximate surface area is 121 Å². The quantitative estimate of drug-likeness (QED) is 0.867. The SMILES string of the molecule is NCC1CCCC1CNS(=O)(=O)c1c(F)cc(F)cc1F. The summed E-state index contributed by atoms with van der Waals surface area (Å²) in [4.78, 5) is -1.15. The molecule has 0 amide bonds. The minimum Gasteiger partial charge on any atom is -0.330 e. The molecule has 1 aromatic carbocycles. The highest BCUT2D eigenvalue weighted by Gasteiger charge is 2.30. The third kappa shape index (κ3) is 3.56. The highest BCUT2D eigenvalue weighted by atomic mass is 32.2. The lowest BCUT2D eigenvalue weighted by Crippen LogP contribution is -2.33. The highest BCUT2D eigenvalue weighted by Crippen LogP contribution is 2.30. The van der Waals surface area contributed by atoms with E-state index in [1.54, 1.807) is 0 Å². The van der Waals surface area contributed by atoms with Gasteiger partial charge in [-0.1, -0.05) is 6.42 Å². The molecule has 1 aliphatic rings. The van der Waals surface area contributed by atoms with Gasteiger partial charge >= 0.3 is 0 Å². The van der Waals surface area contributed by atoms with Gasteiger partial charge in [-0.3, -0.25) is 0 Å². The number of hydrogen-bond donors (Lipinski definition) is 2. The molecule has 1 saturated carbocycles. The summed E-state index contributed by atoms with van der Waals surface area (Å²) in [5.74, 6) is -3.79. The zero-order chi connectivity index (χ0) is 15.6. The van der Waals surface area contributed by atoms with Gasteiger partial charge in [0, 0.05) is 18.7 Å². The first kappa shape index (κ1) is 16.3. The maximum absolute atomic E-state index is 13.5. The average Bonchev–Trinajstić information content (AvgIpc) is 2.82. The van der Waals surface area contributed by atoms with Crippen LogP contribution in [0.3, 0.4) is 0 Å². The summed E-state index contributed by atoms with van der Waals surface area (Å²) in [6.07, 6.45) is 2.69. The van der Waals surface area contributed by atoms with E-state index in [0.29, 0.717) is 18.7 Å². The van der Waals surface area contributed by atoms with Crippen molar-refractivity contribution in [3.05, 3.63) is 29.6 Å². The Bertz CT molecular complexity index is 599. The second-order valence-electron chi connectivity index (χ2n) is 5.24. The first-order chi connectivity index (χ1) is 9.85. The first-order valence-electron chi connectivity index (χ1n) is 6.69. The van der Waals surface area contributed by atoms with Crippen molar-refractivity contribution in [1.29, 1.82) is 0 Å². The van der Waals surface area contributed by atoms with Crippen molar-refractivity contribution in [3.8, 4) is 0 Å². The number of hydrogen-bond acceptors (Lipinski definition) is 3. The van der Waals surface area contributed by atoms with E-state index in [0.717, 1.165) is 19.3 Å². The molecule has 0 bridgehead atoms. The molecule has 4 nitrogen and oxygen atoms in total. The Morgan fingerprint density at radius 2 is 1.71 bits per heavy atom. The predicted molar refractivity (Wildman–Crippen MR) is 71.4 cm³/mol. The third-order valence-corrected chi connectivity index (χ3v) is 5.36. The van der Waals surface area contributed by atoms with Crippen LogP contribution in [0.4, 0.5) is 13.2 Å². The molecule has 0 saturated heterocycles. The lowest BCUT2D eigenvalue weighted by atomic mass is 9.97. The van der Waals surface area contributed by atoms with Crippen molar-refractivity contribution in [1.82, 2.24) is 4.72 Å². The number of rotatable bonds is 5. The molecule has 2 atom stereocenters. The van der Waals surface area contributed by atoms with Crippen LogP contribution in [0.5, 0.6) is 0 Å². The molecule has 0 spiro atoms. The minimum atomic E-state index is -4.36. The van der Waals surface area contributed by atoms with Crippen LogP contribution in [0.1, 0.15) is 19.3 Å². The summed E-state index contributed by atoms with van der Waals surface area (Å²) < 4.78 is 66.1. The monoisotopic (exact) mass is 322 g/mol. The van der Waals surface area contributed by atoms with Crippen LogP contribution in [0.25, 0.3) is 0 Å². The van der Waals surface area contributed by atoms with E-state index in [1.165, 1.54) is 0 Å². The Kier molecular flexibility index (Phi) is 4.90. The van der Waals surface area contributed by atoms with Crippen LogP contribution in [-0.4, -0.2) is 21.5 Å². The third-order valence-electron chi connectivity index (χ3n) is 3.89. The maximum Gasteiger partial charge on any atom is 0.246 e. The van der Waals surface area contributed by atoms with Crippen LogP contribution in [0.2, 0.25) is 0 Å². The van der Waals surface area contributed by atoms with Crippen molar-refractivity contribution < 1.29 is 21.6 Å². The highest BCUT2D eigenvalue weighted by molar-refractivity contribution is 7.89. The summed E-state index contributed by atoms with van der Waals surface area (Å²) in [6, 6.07) is 0.686. The van der Waals surface area contributed by atoms with Gasteiger partial charge < -0.3 is 5.73 Å². The largest absolute Gasteiger partial charge is 0.330 e. The molecule has 0 heterocycles. The molecule has 21 heavy (non-hydrogen) atoms. The zero-order valence-corrected chi connectivity index (χ0v) is 12.1. The van der Waals surface area contributed by atoms with Crippen LogP contribution in [0.15, 0.2) is 17.0 Å². The molecule has 8 heteroatoms. The molecular formula is C13H17F3N2O2S. The summed E-state index contributed by atoms with van der Waals surface area (Å²) in [5, 5.41) is 0. The fraction of sp³-hybridized carbons (Fsp3) is 0.538. The van der Waals surface area contributed by atoms with Gasteiger partial charge in [-0.15, -0.1) is 0 Å². The predicted octanol–water partition coefficient (Wildman–Crippen LogP) is 1.76. The molecule has 0 radical (unpaired) electrons. The van der Waals surface area contributed by atoms with Gasteiger partial charge in [0.05, 0.1) is 0 Å². The number of nitrogens with one attached hydrogen (secondary N) is 1. The van der Waals surface area contributed by atoms with Crippen molar-refractivity contribution in [2.75, 3.05) is 13.1 Å². The molecule has 3 N–H and O–H groups in total.